The van der Waals surface area contributed by atoms with E-state index in [9.17, 15) is 18.0 Å². The van der Waals surface area contributed by atoms with Gasteiger partial charge in [-0.15, -0.1) is 0 Å². The molecule has 1 aliphatic heterocycles. The van der Waals surface area contributed by atoms with Gasteiger partial charge >= 0.3 is 6.18 Å². The number of likely N-dealkylation sites (N-methyl/N-ethyl adjacent to an activating group) is 1. The molecule has 11 heteroatoms. The normalized spacial score (nSPS) is 15.1. The molecule has 2 aromatic heterocycles. The maximum absolute atomic E-state index is 13.2. The number of hydrogen-bond acceptors (Lipinski definition) is 6. The lowest BCUT2D eigenvalue weighted by Gasteiger charge is -2.32. The molecular formula is C29H32F3N7O. The van der Waals surface area contributed by atoms with Crippen LogP contribution in [0, 0.1) is 13.8 Å². The summed E-state index contributed by atoms with van der Waals surface area (Å²) in [6.07, 6.45) is -3.79. The molecule has 4 aromatic rings. The summed E-state index contributed by atoms with van der Waals surface area (Å²) in [4.78, 5) is 22.5. The number of piperazine rings is 1. The van der Waals surface area contributed by atoms with Crippen LogP contribution in [0.4, 0.5) is 24.7 Å². The maximum atomic E-state index is 13.2. The van der Waals surface area contributed by atoms with E-state index in [4.69, 9.17) is 10.7 Å². The number of aryl methyl sites for hydroxylation is 2. The number of fused-ring (bicyclic) bond motifs is 1. The van der Waals surface area contributed by atoms with Crippen molar-refractivity contribution in [2.45, 2.75) is 26.4 Å². The van der Waals surface area contributed by atoms with E-state index >= 15 is 0 Å². The number of benzene rings is 2. The first kappa shape index (κ1) is 27.6. The molecule has 1 fully saturated rings. The molecule has 2 aromatic carbocycles. The number of hydrogen-bond donors (Lipinski definition) is 3. The fourth-order valence-electron chi connectivity index (χ4n) is 5.16. The third kappa shape index (κ3) is 5.66. The molecule has 8 nitrogen and oxygen atoms in total. The first-order valence-corrected chi connectivity index (χ1v) is 13.1. The molecule has 0 saturated carbocycles. The Morgan fingerprint density at radius 3 is 2.58 bits per heavy atom. The van der Waals surface area contributed by atoms with Crippen molar-refractivity contribution in [2.75, 3.05) is 50.8 Å². The smallest absolute Gasteiger partial charge is 0.384 e. The van der Waals surface area contributed by atoms with Gasteiger partial charge in [0.2, 0.25) is 0 Å². The number of carbonyl (C=O) groups is 1. The topological polar surface area (TPSA) is 103 Å². The lowest BCUT2D eigenvalue weighted by Crippen LogP contribution is -2.45. The number of aromatic nitrogens is 3. The summed E-state index contributed by atoms with van der Waals surface area (Å²) in [6.45, 7) is 8.85. The van der Waals surface area contributed by atoms with Crippen molar-refractivity contribution in [3.8, 4) is 11.3 Å². The quantitative estimate of drug-likeness (QED) is 0.316. The number of pyridine rings is 1. The van der Waals surface area contributed by atoms with Crippen LogP contribution in [0.2, 0.25) is 0 Å². The van der Waals surface area contributed by atoms with E-state index < -0.39 is 17.6 Å². The van der Waals surface area contributed by atoms with Crippen molar-refractivity contribution in [3.63, 3.8) is 0 Å². The maximum Gasteiger partial charge on any atom is 0.416 e. The number of nitrogens with one attached hydrogen (secondary N) is 2. The molecule has 0 aliphatic carbocycles. The zero-order valence-corrected chi connectivity index (χ0v) is 22.7. The fourth-order valence-corrected chi connectivity index (χ4v) is 5.16. The molecule has 40 heavy (non-hydrogen) atoms. The highest BCUT2D eigenvalue weighted by Gasteiger charge is 2.31. The van der Waals surface area contributed by atoms with Crippen molar-refractivity contribution in [2.24, 2.45) is 0 Å². The minimum Gasteiger partial charge on any atom is -0.384 e. The van der Waals surface area contributed by atoms with Gasteiger partial charge in [0.15, 0.2) is 5.65 Å². The largest absolute Gasteiger partial charge is 0.416 e. The van der Waals surface area contributed by atoms with Gasteiger partial charge < -0.3 is 20.9 Å². The molecule has 0 radical (unpaired) electrons. The Morgan fingerprint density at radius 2 is 1.85 bits per heavy atom. The van der Waals surface area contributed by atoms with E-state index in [1.807, 2.05) is 26.0 Å². The number of alkyl halides is 3. The molecule has 5 rings (SSSR count). The van der Waals surface area contributed by atoms with Gasteiger partial charge in [0, 0.05) is 49.5 Å². The molecule has 4 N–H and O–H groups in total. The molecule has 210 valence electrons. The summed E-state index contributed by atoms with van der Waals surface area (Å²) in [7, 11) is 2.13. The van der Waals surface area contributed by atoms with Gasteiger partial charge in [-0.3, -0.25) is 9.89 Å². The number of nitrogens with two attached hydrogens (primary N) is 1. The first-order valence-electron chi connectivity index (χ1n) is 13.1. The van der Waals surface area contributed by atoms with E-state index in [0.29, 0.717) is 17.2 Å². The Hall–Kier alpha value is -3.96. The predicted octanol–water partition coefficient (Wildman–Crippen LogP) is 4.88. The third-order valence-corrected chi connectivity index (χ3v) is 7.58. The third-order valence-electron chi connectivity index (χ3n) is 7.58. The van der Waals surface area contributed by atoms with Gasteiger partial charge in [-0.25, -0.2) is 4.98 Å². The molecule has 0 unspecified atom stereocenters. The van der Waals surface area contributed by atoms with Crippen LogP contribution in [0.3, 0.4) is 0 Å². The summed E-state index contributed by atoms with van der Waals surface area (Å²) in [5, 5.41) is 10.7. The van der Waals surface area contributed by atoms with E-state index in [0.717, 1.165) is 84.6 Å². The van der Waals surface area contributed by atoms with Crippen molar-refractivity contribution >= 4 is 28.4 Å². The Balaban J connectivity index is 1.49. The molecule has 0 spiro atoms. The van der Waals surface area contributed by atoms with Crippen LogP contribution in [-0.4, -0.2) is 70.7 Å². The predicted molar refractivity (Wildman–Crippen MR) is 150 cm³/mol. The van der Waals surface area contributed by atoms with Crippen molar-refractivity contribution < 1.29 is 18.0 Å². The number of aromatic amines is 1. The second-order valence-electron chi connectivity index (χ2n) is 10.4. The van der Waals surface area contributed by atoms with Crippen molar-refractivity contribution in [3.05, 3.63) is 70.3 Å². The number of halogens is 3. The summed E-state index contributed by atoms with van der Waals surface area (Å²) in [6, 6.07) is 9.77. The number of nitrogens with zero attached hydrogens (tertiary/aromatic N) is 4. The van der Waals surface area contributed by atoms with Crippen LogP contribution in [0.1, 0.15) is 32.6 Å². The Kier molecular flexibility index (Phi) is 7.52. The van der Waals surface area contributed by atoms with E-state index in [1.165, 1.54) is 12.1 Å². The average Bonchev–Trinajstić information content (AvgIpc) is 3.30. The van der Waals surface area contributed by atoms with Gasteiger partial charge in [-0.2, -0.15) is 18.3 Å². The lowest BCUT2D eigenvalue weighted by molar-refractivity contribution is -0.137. The zero-order chi connectivity index (χ0) is 28.6. The number of carbonyl (C=O) groups excluding carboxylic acids is 1. The van der Waals surface area contributed by atoms with Gasteiger partial charge in [0.25, 0.3) is 5.91 Å². The summed E-state index contributed by atoms with van der Waals surface area (Å²) < 4.78 is 39.5. The van der Waals surface area contributed by atoms with Crippen LogP contribution in [-0.2, 0) is 12.6 Å². The summed E-state index contributed by atoms with van der Waals surface area (Å²) in [5.41, 5.74) is 10.7. The molecule has 3 heterocycles. The Morgan fingerprint density at radius 1 is 1.10 bits per heavy atom. The number of amides is 1. The molecular weight excluding hydrogens is 519 g/mol. The SMILES string of the molecule is Cc1ccc(NC(=O)c2cccc(C(F)(F)F)c2)cc1-c1nc2n[nH]c(N)c2c(C)c1CCN1CCN(C)CC1. The zero-order valence-electron chi connectivity index (χ0n) is 22.7. The van der Waals surface area contributed by atoms with Crippen LogP contribution in [0.25, 0.3) is 22.3 Å². The molecule has 0 bridgehead atoms. The number of rotatable bonds is 6. The van der Waals surface area contributed by atoms with E-state index in [1.54, 1.807) is 6.07 Å². The fraction of sp³-hybridized carbons (Fsp3) is 0.345. The number of anilines is 2. The van der Waals surface area contributed by atoms with Crippen LogP contribution >= 0.6 is 0 Å². The Bertz CT molecular complexity index is 1560. The lowest BCUT2D eigenvalue weighted by atomic mass is 9.94. The summed E-state index contributed by atoms with van der Waals surface area (Å²) in [5.74, 6) is -0.165. The van der Waals surface area contributed by atoms with Crippen LogP contribution in [0.5, 0.6) is 0 Å². The monoisotopic (exact) mass is 551 g/mol. The first-order chi connectivity index (χ1) is 19.0. The van der Waals surface area contributed by atoms with E-state index in [2.05, 4.69) is 32.4 Å². The van der Waals surface area contributed by atoms with E-state index in [-0.39, 0.29) is 5.56 Å². The number of H-pyrrole nitrogens is 1. The standard InChI is InChI=1S/C29H32F3N7O/c1-17-7-8-21(34-28(40)19-5-4-6-20(15-19)29(30,31)32)16-23(17)25-22(9-10-39-13-11-38(3)12-14-39)18(2)24-26(33)36-37-27(24)35-25/h4-8,15-16H,9-14H2,1-3H3,(H,34,40)(H3,33,35,36,37). The van der Waals surface area contributed by atoms with Gasteiger partial charge in [-0.1, -0.05) is 12.1 Å². The molecule has 1 aliphatic rings. The van der Waals surface area contributed by atoms with Crippen LogP contribution < -0.4 is 11.1 Å². The average molecular weight is 552 g/mol. The minimum absolute atomic E-state index is 0.0767. The van der Waals surface area contributed by atoms with Gasteiger partial charge in [0.1, 0.15) is 5.82 Å². The van der Waals surface area contributed by atoms with Gasteiger partial charge in [-0.05, 0) is 74.3 Å². The highest BCUT2D eigenvalue weighted by Crippen LogP contribution is 2.35. The molecule has 1 saturated heterocycles. The highest BCUT2D eigenvalue weighted by atomic mass is 19.4. The molecule has 1 amide bonds. The van der Waals surface area contributed by atoms with Gasteiger partial charge in [0.05, 0.1) is 16.6 Å². The minimum atomic E-state index is -4.54. The summed E-state index contributed by atoms with van der Waals surface area (Å²) >= 11 is 0. The second kappa shape index (κ2) is 10.9. The Labute approximate surface area is 230 Å². The van der Waals surface area contributed by atoms with Crippen molar-refractivity contribution in [1.29, 1.82) is 0 Å². The van der Waals surface area contributed by atoms with Crippen molar-refractivity contribution in [1.82, 2.24) is 25.0 Å². The van der Waals surface area contributed by atoms with Crippen LogP contribution in [0.15, 0.2) is 42.5 Å². The molecule has 0 atom stereocenters. The number of nitrogen functional groups attached to an aromatic ring is 1. The highest BCUT2D eigenvalue weighted by molar-refractivity contribution is 6.04. The second-order valence-corrected chi connectivity index (χ2v) is 10.4.